The van der Waals surface area contributed by atoms with Gasteiger partial charge in [-0.25, -0.2) is 0 Å². The summed E-state index contributed by atoms with van der Waals surface area (Å²) in [7, 11) is 1.61. The normalized spacial score (nSPS) is 13.8. The molecule has 0 radical (unpaired) electrons. The van der Waals surface area contributed by atoms with Crippen molar-refractivity contribution in [2.75, 3.05) is 48.4 Å². The lowest BCUT2D eigenvalue weighted by Gasteiger charge is -2.37. The van der Waals surface area contributed by atoms with E-state index in [0.29, 0.717) is 11.4 Å². The fraction of sp³-hybridized carbons (Fsp3) is 0.217. The van der Waals surface area contributed by atoms with E-state index in [2.05, 4.69) is 44.4 Å². The van der Waals surface area contributed by atoms with Crippen molar-refractivity contribution >= 4 is 23.0 Å². The first-order valence-corrected chi connectivity index (χ1v) is 9.69. The molecule has 3 aromatic rings. The third-order valence-corrected chi connectivity index (χ3v) is 5.09. The van der Waals surface area contributed by atoms with Crippen LogP contribution in [0.4, 0.5) is 17.1 Å². The number of piperazine rings is 1. The van der Waals surface area contributed by atoms with Gasteiger partial charge in [0, 0.05) is 49.4 Å². The number of hydrogen-bond acceptors (Lipinski definition) is 5. The number of hydrogen-bond donors (Lipinski definition) is 1. The van der Waals surface area contributed by atoms with Gasteiger partial charge in [-0.1, -0.05) is 18.2 Å². The number of methoxy groups -OCH3 is 1. The molecule has 1 aliphatic rings. The van der Waals surface area contributed by atoms with E-state index in [1.807, 2.05) is 42.5 Å². The monoisotopic (exact) mass is 388 g/mol. The van der Waals surface area contributed by atoms with Crippen molar-refractivity contribution in [3.05, 3.63) is 78.6 Å². The topological polar surface area (TPSA) is 57.7 Å². The molecule has 0 atom stereocenters. The van der Waals surface area contributed by atoms with E-state index in [9.17, 15) is 4.79 Å². The van der Waals surface area contributed by atoms with Crippen molar-refractivity contribution < 1.29 is 9.53 Å². The van der Waals surface area contributed by atoms with Crippen LogP contribution in [0.1, 0.15) is 10.5 Å². The molecule has 1 N–H and O–H groups in total. The van der Waals surface area contributed by atoms with Gasteiger partial charge in [0.15, 0.2) is 0 Å². The Labute approximate surface area is 170 Å². The van der Waals surface area contributed by atoms with Gasteiger partial charge in [0.05, 0.1) is 7.11 Å². The second-order valence-corrected chi connectivity index (χ2v) is 6.89. The average molecular weight is 388 g/mol. The van der Waals surface area contributed by atoms with Crippen LogP contribution in [0.3, 0.4) is 0 Å². The molecule has 1 aliphatic heterocycles. The molecule has 4 rings (SSSR count). The quantitative estimate of drug-likeness (QED) is 0.723. The van der Waals surface area contributed by atoms with Crippen LogP contribution >= 0.6 is 0 Å². The Morgan fingerprint density at radius 1 is 0.897 bits per heavy atom. The highest BCUT2D eigenvalue weighted by Crippen LogP contribution is 2.21. The molecule has 0 aliphatic carbocycles. The van der Waals surface area contributed by atoms with E-state index in [-0.39, 0.29) is 5.91 Å². The summed E-state index contributed by atoms with van der Waals surface area (Å²) in [5, 5.41) is 2.88. The van der Waals surface area contributed by atoms with Gasteiger partial charge in [-0.2, -0.15) is 0 Å². The molecule has 6 nitrogen and oxygen atoms in total. The Kier molecular flexibility index (Phi) is 5.61. The third-order valence-electron chi connectivity index (χ3n) is 5.09. The molecule has 0 spiro atoms. The number of rotatable bonds is 5. The van der Waals surface area contributed by atoms with E-state index in [1.165, 1.54) is 5.69 Å². The number of amides is 1. The zero-order chi connectivity index (χ0) is 20.1. The van der Waals surface area contributed by atoms with Crippen LogP contribution < -0.4 is 19.9 Å². The van der Waals surface area contributed by atoms with Crippen molar-refractivity contribution in [1.29, 1.82) is 0 Å². The molecule has 2 aromatic carbocycles. The van der Waals surface area contributed by atoms with Gasteiger partial charge in [-0.15, -0.1) is 0 Å². The van der Waals surface area contributed by atoms with Gasteiger partial charge in [0.1, 0.15) is 11.4 Å². The summed E-state index contributed by atoms with van der Waals surface area (Å²) in [4.78, 5) is 21.5. The van der Waals surface area contributed by atoms with E-state index in [0.717, 1.165) is 37.6 Å². The fourth-order valence-electron chi connectivity index (χ4n) is 3.47. The summed E-state index contributed by atoms with van der Waals surface area (Å²) >= 11 is 0. The number of para-hydroxylation sites is 1. The van der Waals surface area contributed by atoms with Gasteiger partial charge in [0.2, 0.25) is 0 Å². The number of carbonyl (C=O) groups excluding carboxylic acids is 1. The predicted molar refractivity (Wildman–Crippen MR) is 116 cm³/mol. The number of nitrogens with zero attached hydrogens (tertiary/aromatic N) is 3. The summed E-state index contributed by atoms with van der Waals surface area (Å²) in [6.45, 7) is 3.69. The zero-order valence-corrected chi connectivity index (χ0v) is 16.4. The number of pyridine rings is 1. The lowest BCUT2D eigenvalue weighted by atomic mass is 10.2. The summed E-state index contributed by atoms with van der Waals surface area (Å²) < 4.78 is 5.14. The molecule has 0 bridgehead atoms. The van der Waals surface area contributed by atoms with E-state index >= 15 is 0 Å². The van der Waals surface area contributed by atoms with Crippen LogP contribution in [-0.4, -0.2) is 44.2 Å². The van der Waals surface area contributed by atoms with Gasteiger partial charge in [-0.3, -0.25) is 9.78 Å². The Balaban J connectivity index is 1.40. The lowest BCUT2D eigenvalue weighted by Crippen LogP contribution is -2.46. The number of aromatic nitrogens is 1. The minimum absolute atomic E-state index is 0.222. The second-order valence-electron chi connectivity index (χ2n) is 6.89. The first-order valence-electron chi connectivity index (χ1n) is 9.69. The highest BCUT2D eigenvalue weighted by Gasteiger charge is 2.19. The standard InChI is InChI=1S/C23H24N4O2/c1-29-21-9-7-18(8-10-21)25-23(28)22-17-20(11-12-24-22)27-15-13-26(14-16-27)19-5-3-2-4-6-19/h2-12,17H,13-16H2,1H3,(H,25,28). The Bertz CT molecular complexity index is 952. The van der Waals surface area contributed by atoms with Crippen molar-refractivity contribution in [2.45, 2.75) is 0 Å². The van der Waals surface area contributed by atoms with Gasteiger partial charge in [-0.05, 0) is 48.5 Å². The SMILES string of the molecule is COc1ccc(NC(=O)c2cc(N3CCN(c4ccccc4)CC3)ccn2)cc1. The van der Waals surface area contributed by atoms with Crippen molar-refractivity contribution in [1.82, 2.24) is 4.98 Å². The minimum atomic E-state index is -0.222. The highest BCUT2D eigenvalue weighted by atomic mass is 16.5. The lowest BCUT2D eigenvalue weighted by molar-refractivity contribution is 0.102. The molecular formula is C23H24N4O2. The van der Waals surface area contributed by atoms with E-state index in [1.54, 1.807) is 13.3 Å². The summed E-state index contributed by atoms with van der Waals surface area (Å²) in [5.74, 6) is 0.526. The van der Waals surface area contributed by atoms with Gasteiger partial charge in [0.25, 0.3) is 5.91 Å². The van der Waals surface area contributed by atoms with Crippen LogP contribution in [0.25, 0.3) is 0 Å². The molecule has 1 saturated heterocycles. The van der Waals surface area contributed by atoms with Gasteiger partial charge >= 0.3 is 0 Å². The highest BCUT2D eigenvalue weighted by molar-refractivity contribution is 6.03. The zero-order valence-electron chi connectivity index (χ0n) is 16.4. The van der Waals surface area contributed by atoms with Crippen LogP contribution in [0, 0.1) is 0 Å². The Morgan fingerprint density at radius 2 is 1.55 bits per heavy atom. The van der Waals surface area contributed by atoms with Crippen LogP contribution in [0.2, 0.25) is 0 Å². The molecule has 6 heteroatoms. The fourth-order valence-corrected chi connectivity index (χ4v) is 3.47. The summed E-state index contributed by atoms with van der Waals surface area (Å²) in [6.07, 6.45) is 1.70. The van der Waals surface area contributed by atoms with Crippen molar-refractivity contribution in [3.63, 3.8) is 0 Å². The van der Waals surface area contributed by atoms with Crippen LogP contribution in [-0.2, 0) is 0 Å². The van der Waals surface area contributed by atoms with Crippen molar-refractivity contribution in [2.24, 2.45) is 0 Å². The third kappa shape index (κ3) is 4.48. The Hall–Kier alpha value is -3.54. The molecule has 1 aromatic heterocycles. The maximum absolute atomic E-state index is 12.6. The molecule has 2 heterocycles. The molecule has 148 valence electrons. The molecule has 0 unspecified atom stereocenters. The molecule has 29 heavy (non-hydrogen) atoms. The number of ether oxygens (including phenoxy) is 1. The second kappa shape index (κ2) is 8.65. The molecule has 1 amide bonds. The van der Waals surface area contributed by atoms with E-state index in [4.69, 9.17) is 4.74 Å². The maximum Gasteiger partial charge on any atom is 0.274 e. The smallest absolute Gasteiger partial charge is 0.274 e. The Morgan fingerprint density at radius 3 is 2.21 bits per heavy atom. The first-order chi connectivity index (χ1) is 14.2. The average Bonchev–Trinajstić information content (AvgIpc) is 2.80. The summed E-state index contributed by atoms with van der Waals surface area (Å²) in [5.41, 5.74) is 3.39. The minimum Gasteiger partial charge on any atom is -0.497 e. The number of carbonyl (C=O) groups is 1. The number of anilines is 3. The summed E-state index contributed by atoms with van der Waals surface area (Å²) in [6, 6.07) is 21.5. The maximum atomic E-state index is 12.6. The predicted octanol–water partition coefficient (Wildman–Crippen LogP) is 3.67. The van der Waals surface area contributed by atoms with E-state index < -0.39 is 0 Å². The first kappa shape index (κ1) is 18.8. The van der Waals surface area contributed by atoms with Crippen molar-refractivity contribution in [3.8, 4) is 5.75 Å². The molecule has 0 saturated carbocycles. The molecule has 1 fully saturated rings. The largest absolute Gasteiger partial charge is 0.497 e. The number of benzene rings is 2. The van der Waals surface area contributed by atoms with Crippen LogP contribution in [0.5, 0.6) is 5.75 Å². The van der Waals surface area contributed by atoms with Crippen LogP contribution in [0.15, 0.2) is 72.9 Å². The molecular weight excluding hydrogens is 364 g/mol. The van der Waals surface area contributed by atoms with Gasteiger partial charge < -0.3 is 19.9 Å². The number of nitrogens with one attached hydrogen (secondary N) is 1.